The van der Waals surface area contributed by atoms with Crippen LogP contribution >= 0.6 is 22.9 Å². The second-order valence-corrected chi connectivity index (χ2v) is 11.1. The molecule has 4 aromatic rings. The number of piperazine rings is 1. The molecule has 1 saturated heterocycles. The molecule has 0 spiro atoms. The Kier molecular flexibility index (Phi) is 5.90. The maximum absolute atomic E-state index is 13.5. The lowest BCUT2D eigenvalue weighted by Crippen LogP contribution is -2.46. The molecule has 1 aliphatic heterocycles. The van der Waals surface area contributed by atoms with Crippen LogP contribution in [0.2, 0.25) is 5.02 Å². The number of thiophene rings is 1. The van der Waals surface area contributed by atoms with Crippen molar-refractivity contribution in [1.82, 2.24) is 4.98 Å². The minimum atomic E-state index is -3.85. The van der Waals surface area contributed by atoms with E-state index in [1.165, 1.54) is 11.3 Å². The van der Waals surface area contributed by atoms with Gasteiger partial charge in [-0.05, 0) is 48.7 Å². The van der Waals surface area contributed by atoms with Crippen LogP contribution in [0.1, 0.15) is 5.56 Å². The molecule has 0 aliphatic carbocycles. The predicted molar refractivity (Wildman–Crippen MR) is 132 cm³/mol. The van der Waals surface area contributed by atoms with E-state index in [0.29, 0.717) is 43.0 Å². The number of halogens is 1. The van der Waals surface area contributed by atoms with E-state index in [2.05, 4.69) is 9.88 Å². The first-order valence-corrected chi connectivity index (χ1v) is 13.3. The Bertz CT molecular complexity index is 1360. The van der Waals surface area contributed by atoms with Crippen LogP contribution in [-0.2, 0) is 9.84 Å². The largest absolute Gasteiger partial charge is 0.418 e. The van der Waals surface area contributed by atoms with Gasteiger partial charge in [0.05, 0.1) is 9.77 Å². The minimum Gasteiger partial charge on any atom is -0.418 e. The lowest BCUT2D eigenvalue weighted by molar-refractivity contribution is 0.526. The van der Waals surface area contributed by atoms with Crippen molar-refractivity contribution in [2.75, 3.05) is 36.0 Å². The maximum atomic E-state index is 13.5. The van der Waals surface area contributed by atoms with Crippen molar-refractivity contribution in [3.05, 3.63) is 76.6 Å². The first kappa shape index (κ1) is 22.0. The van der Waals surface area contributed by atoms with E-state index in [0.717, 1.165) is 16.1 Å². The second kappa shape index (κ2) is 8.85. The van der Waals surface area contributed by atoms with Gasteiger partial charge in [0.15, 0.2) is 0 Å². The molecule has 1 fully saturated rings. The summed E-state index contributed by atoms with van der Waals surface area (Å²) in [5.41, 5.74) is 2.04. The van der Waals surface area contributed by atoms with Crippen molar-refractivity contribution in [3.8, 4) is 10.8 Å². The van der Waals surface area contributed by atoms with Crippen LogP contribution < -0.4 is 9.80 Å². The van der Waals surface area contributed by atoms with Crippen LogP contribution in [0.5, 0.6) is 0 Å². The molecule has 9 heteroatoms. The average molecular weight is 500 g/mol. The van der Waals surface area contributed by atoms with Gasteiger partial charge < -0.3 is 14.2 Å². The Balaban J connectivity index is 1.49. The van der Waals surface area contributed by atoms with Gasteiger partial charge in [0.25, 0.3) is 0 Å². The molecule has 33 heavy (non-hydrogen) atoms. The standard InChI is InChI=1S/C24H22ClN3O3S2/c1-17-7-9-20(10-8-17)33(29,30)23-24(31-22(26-23)21-6-3-15-32-21)28-13-11-27(12-14-28)19-5-2-4-18(25)16-19/h2-10,15-16H,11-14H2,1H3. The molecule has 0 amide bonds. The van der Waals surface area contributed by atoms with E-state index >= 15 is 0 Å². The third-order valence-electron chi connectivity index (χ3n) is 5.64. The summed E-state index contributed by atoms with van der Waals surface area (Å²) in [5, 5.41) is 2.57. The third-order valence-corrected chi connectivity index (χ3v) is 8.40. The minimum absolute atomic E-state index is 0.0361. The molecule has 0 atom stereocenters. The molecule has 0 saturated carbocycles. The number of sulfone groups is 1. The number of nitrogens with zero attached hydrogens (tertiary/aromatic N) is 3. The van der Waals surface area contributed by atoms with E-state index in [-0.39, 0.29) is 9.92 Å². The Morgan fingerprint density at radius 1 is 0.970 bits per heavy atom. The summed E-state index contributed by atoms with van der Waals surface area (Å²) in [6.07, 6.45) is 0. The van der Waals surface area contributed by atoms with Crippen LogP contribution in [0.4, 0.5) is 11.6 Å². The number of oxazole rings is 1. The molecule has 0 radical (unpaired) electrons. The van der Waals surface area contributed by atoms with Crippen LogP contribution in [0, 0.1) is 6.92 Å². The van der Waals surface area contributed by atoms with E-state index < -0.39 is 9.84 Å². The number of aromatic nitrogens is 1. The summed E-state index contributed by atoms with van der Waals surface area (Å²) in [6, 6.07) is 18.3. The van der Waals surface area contributed by atoms with Crippen molar-refractivity contribution < 1.29 is 12.8 Å². The average Bonchev–Trinajstić information content (AvgIpc) is 3.50. The van der Waals surface area contributed by atoms with Gasteiger partial charge in [0.1, 0.15) is 0 Å². The van der Waals surface area contributed by atoms with Gasteiger partial charge in [0, 0.05) is 36.9 Å². The summed E-state index contributed by atoms with van der Waals surface area (Å²) in [4.78, 5) is 9.66. The highest BCUT2D eigenvalue weighted by Crippen LogP contribution is 2.36. The molecule has 0 N–H and O–H groups in total. The van der Waals surface area contributed by atoms with Gasteiger partial charge in [-0.25, -0.2) is 8.42 Å². The van der Waals surface area contributed by atoms with E-state index in [4.69, 9.17) is 16.0 Å². The third kappa shape index (κ3) is 4.38. The summed E-state index contributed by atoms with van der Waals surface area (Å²) in [6.45, 7) is 4.54. The SMILES string of the molecule is Cc1ccc(S(=O)(=O)c2nc(-c3cccs3)oc2N2CCN(c3cccc(Cl)c3)CC2)cc1. The van der Waals surface area contributed by atoms with Crippen molar-refractivity contribution in [3.63, 3.8) is 0 Å². The number of aryl methyl sites for hydroxylation is 1. The van der Waals surface area contributed by atoms with Crippen molar-refractivity contribution in [2.45, 2.75) is 16.8 Å². The zero-order valence-electron chi connectivity index (χ0n) is 17.9. The van der Waals surface area contributed by atoms with Crippen molar-refractivity contribution in [1.29, 1.82) is 0 Å². The Morgan fingerprint density at radius 3 is 2.36 bits per heavy atom. The fraction of sp³-hybridized carbons (Fsp3) is 0.208. The van der Waals surface area contributed by atoms with Crippen molar-refractivity contribution >= 4 is 44.3 Å². The molecular weight excluding hydrogens is 478 g/mol. The highest BCUT2D eigenvalue weighted by Gasteiger charge is 2.33. The molecule has 5 rings (SSSR count). The first-order valence-electron chi connectivity index (χ1n) is 10.5. The van der Waals surface area contributed by atoms with Gasteiger partial charge in [0.2, 0.25) is 26.6 Å². The zero-order chi connectivity index (χ0) is 23.0. The fourth-order valence-electron chi connectivity index (χ4n) is 3.85. The number of benzene rings is 2. The molecular formula is C24H22ClN3O3S2. The molecule has 1 aliphatic rings. The van der Waals surface area contributed by atoms with Crippen LogP contribution in [-0.4, -0.2) is 39.6 Å². The summed E-state index contributed by atoms with van der Waals surface area (Å²) < 4.78 is 33.2. The topological polar surface area (TPSA) is 66.7 Å². The molecule has 2 aromatic carbocycles. The number of hydrogen-bond donors (Lipinski definition) is 0. The van der Waals surface area contributed by atoms with E-state index in [1.54, 1.807) is 24.3 Å². The molecule has 0 unspecified atom stereocenters. The summed E-state index contributed by atoms with van der Waals surface area (Å²) >= 11 is 7.61. The van der Waals surface area contributed by atoms with Gasteiger partial charge in [-0.2, -0.15) is 4.98 Å². The monoisotopic (exact) mass is 499 g/mol. The number of hydrogen-bond acceptors (Lipinski definition) is 7. The van der Waals surface area contributed by atoms with Crippen LogP contribution in [0.15, 0.2) is 80.4 Å². The predicted octanol–water partition coefficient (Wildman–Crippen LogP) is 5.52. The Morgan fingerprint density at radius 2 is 1.70 bits per heavy atom. The van der Waals surface area contributed by atoms with Gasteiger partial charge in [-0.3, -0.25) is 0 Å². The molecule has 6 nitrogen and oxygen atoms in total. The molecule has 2 aromatic heterocycles. The lowest BCUT2D eigenvalue weighted by atomic mass is 10.2. The van der Waals surface area contributed by atoms with Gasteiger partial charge in [-0.15, -0.1) is 11.3 Å². The quantitative estimate of drug-likeness (QED) is 0.360. The molecule has 3 heterocycles. The highest BCUT2D eigenvalue weighted by atomic mass is 35.5. The Hall–Kier alpha value is -2.81. The van der Waals surface area contributed by atoms with Crippen LogP contribution in [0.25, 0.3) is 10.8 Å². The summed E-state index contributed by atoms with van der Waals surface area (Å²) in [5.74, 6) is 0.618. The van der Waals surface area contributed by atoms with Crippen LogP contribution in [0.3, 0.4) is 0 Å². The van der Waals surface area contributed by atoms with Crippen molar-refractivity contribution in [2.24, 2.45) is 0 Å². The van der Waals surface area contributed by atoms with Gasteiger partial charge in [-0.1, -0.05) is 41.4 Å². The molecule has 170 valence electrons. The maximum Gasteiger partial charge on any atom is 0.240 e. The zero-order valence-corrected chi connectivity index (χ0v) is 20.3. The second-order valence-electron chi connectivity index (χ2n) is 7.88. The molecule has 0 bridgehead atoms. The van der Waals surface area contributed by atoms with E-state index in [9.17, 15) is 8.42 Å². The smallest absolute Gasteiger partial charge is 0.240 e. The summed E-state index contributed by atoms with van der Waals surface area (Å²) in [7, 11) is -3.85. The number of rotatable bonds is 5. The van der Waals surface area contributed by atoms with E-state index in [1.807, 2.05) is 53.6 Å². The van der Waals surface area contributed by atoms with Gasteiger partial charge >= 0.3 is 0 Å². The normalized spacial score (nSPS) is 14.6. The lowest BCUT2D eigenvalue weighted by Gasteiger charge is -2.36. The highest BCUT2D eigenvalue weighted by molar-refractivity contribution is 7.91. The fourth-order valence-corrected chi connectivity index (χ4v) is 6.00. The number of anilines is 2. The Labute approximate surface area is 202 Å². The first-order chi connectivity index (χ1) is 15.9.